The lowest BCUT2D eigenvalue weighted by Crippen LogP contribution is -2.52. The van der Waals surface area contributed by atoms with Crippen molar-refractivity contribution >= 4 is 6.09 Å². The monoisotopic (exact) mass is 326 g/mol. The van der Waals surface area contributed by atoms with E-state index in [2.05, 4.69) is 32.9 Å². The summed E-state index contributed by atoms with van der Waals surface area (Å²) in [5, 5.41) is 17.1. The van der Waals surface area contributed by atoms with Crippen molar-refractivity contribution in [1.82, 2.24) is 30.8 Å². The zero-order valence-electron chi connectivity index (χ0n) is 14.2. The summed E-state index contributed by atoms with van der Waals surface area (Å²) in [6, 6.07) is 0.163. The first-order chi connectivity index (χ1) is 10.8. The normalized spacial score (nSPS) is 20.3. The van der Waals surface area contributed by atoms with Gasteiger partial charge in [-0.25, -0.2) is 4.79 Å². The maximum atomic E-state index is 12.3. The molecule has 1 aliphatic heterocycles. The number of amides is 1. The number of hydrogen-bond acceptors (Lipinski definition) is 7. The third-order valence-corrected chi connectivity index (χ3v) is 3.48. The van der Waals surface area contributed by atoms with E-state index in [0.29, 0.717) is 32.1 Å². The van der Waals surface area contributed by atoms with E-state index < -0.39 is 5.60 Å². The maximum Gasteiger partial charge on any atom is 0.410 e. The first-order valence-electron chi connectivity index (χ1n) is 7.88. The lowest BCUT2D eigenvalue weighted by Gasteiger charge is -2.37. The Bertz CT molecular complexity index is 487. The second-order valence-electron chi connectivity index (χ2n) is 6.75. The highest BCUT2D eigenvalue weighted by Gasteiger charge is 2.31. The molecule has 2 atom stereocenters. The van der Waals surface area contributed by atoms with Crippen molar-refractivity contribution in [3.8, 4) is 0 Å². The van der Waals surface area contributed by atoms with Crippen molar-refractivity contribution in [3.63, 3.8) is 0 Å². The highest BCUT2D eigenvalue weighted by Crippen LogP contribution is 2.17. The number of hydrogen-bond donors (Lipinski definition) is 2. The van der Waals surface area contributed by atoms with Crippen LogP contribution in [0.2, 0.25) is 0 Å². The standard InChI is InChI=1S/C14H26N6O3/c1-10(15-8-12-16-18-19-17-12)7-11-9-22-6-5-20(11)13(21)23-14(2,3)4/h10-11,15H,5-9H2,1-4H3,(H,16,17,18,19). The maximum absolute atomic E-state index is 12.3. The van der Waals surface area contributed by atoms with Crippen LogP contribution in [0.3, 0.4) is 0 Å². The molecule has 0 saturated carbocycles. The Morgan fingerprint density at radius 1 is 1.57 bits per heavy atom. The molecule has 2 heterocycles. The molecule has 1 aromatic rings. The molecule has 2 unspecified atom stereocenters. The van der Waals surface area contributed by atoms with Crippen molar-refractivity contribution in [3.05, 3.63) is 5.82 Å². The molecule has 1 amide bonds. The predicted octanol–water partition coefficient (Wildman–Crippen LogP) is 0.704. The van der Waals surface area contributed by atoms with Crippen LogP contribution in [0.25, 0.3) is 0 Å². The smallest absolute Gasteiger partial charge is 0.410 e. The van der Waals surface area contributed by atoms with Crippen LogP contribution in [0.1, 0.15) is 39.9 Å². The van der Waals surface area contributed by atoms with Gasteiger partial charge in [-0.1, -0.05) is 5.21 Å². The Balaban J connectivity index is 1.86. The minimum atomic E-state index is -0.498. The van der Waals surface area contributed by atoms with Crippen LogP contribution in [0, 0.1) is 0 Å². The summed E-state index contributed by atoms with van der Waals surface area (Å²) in [4.78, 5) is 14.1. The largest absolute Gasteiger partial charge is 0.444 e. The molecule has 1 aromatic heterocycles. The van der Waals surface area contributed by atoms with Crippen LogP contribution in [0.15, 0.2) is 0 Å². The van der Waals surface area contributed by atoms with Gasteiger partial charge in [-0.15, -0.1) is 10.2 Å². The van der Waals surface area contributed by atoms with Gasteiger partial charge in [0, 0.05) is 12.6 Å². The number of ether oxygens (including phenoxy) is 2. The number of aromatic nitrogens is 4. The molecule has 130 valence electrons. The van der Waals surface area contributed by atoms with Gasteiger partial charge in [-0.05, 0) is 34.1 Å². The Kier molecular flexibility index (Phi) is 5.89. The van der Waals surface area contributed by atoms with Crippen molar-refractivity contribution in [2.75, 3.05) is 19.8 Å². The number of carbonyl (C=O) groups excluding carboxylic acids is 1. The zero-order valence-corrected chi connectivity index (χ0v) is 14.2. The van der Waals surface area contributed by atoms with E-state index in [9.17, 15) is 4.79 Å². The third-order valence-electron chi connectivity index (χ3n) is 3.48. The molecule has 0 aromatic carbocycles. The average molecular weight is 326 g/mol. The van der Waals surface area contributed by atoms with Gasteiger partial charge in [0.1, 0.15) is 5.60 Å². The van der Waals surface area contributed by atoms with Crippen LogP contribution in [0.4, 0.5) is 4.79 Å². The fourth-order valence-corrected chi connectivity index (χ4v) is 2.43. The molecule has 1 saturated heterocycles. The van der Waals surface area contributed by atoms with Crippen molar-refractivity contribution in [2.24, 2.45) is 0 Å². The van der Waals surface area contributed by atoms with Crippen LogP contribution in [0.5, 0.6) is 0 Å². The Labute approximate surface area is 136 Å². The summed E-state index contributed by atoms with van der Waals surface area (Å²) in [7, 11) is 0. The summed E-state index contributed by atoms with van der Waals surface area (Å²) in [5.74, 6) is 0.612. The molecular formula is C14H26N6O3. The molecule has 2 N–H and O–H groups in total. The van der Waals surface area contributed by atoms with E-state index in [1.807, 2.05) is 20.8 Å². The molecule has 9 nitrogen and oxygen atoms in total. The summed E-state index contributed by atoms with van der Waals surface area (Å²) in [5.41, 5.74) is -0.498. The van der Waals surface area contributed by atoms with Crippen molar-refractivity contribution < 1.29 is 14.3 Å². The van der Waals surface area contributed by atoms with E-state index in [1.54, 1.807) is 4.90 Å². The van der Waals surface area contributed by atoms with Gasteiger partial charge in [0.25, 0.3) is 0 Å². The van der Waals surface area contributed by atoms with Gasteiger partial charge >= 0.3 is 6.09 Å². The highest BCUT2D eigenvalue weighted by atomic mass is 16.6. The third kappa shape index (κ3) is 5.76. The number of nitrogens with one attached hydrogen (secondary N) is 2. The van der Waals surface area contributed by atoms with Gasteiger partial charge in [-0.3, -0.25) is 0 Å². The van der Waals surface area contributed by atoms with Crippen molar-refractivity contribution in [2.45, 2.75) is 58.3 Å². The average Bonchev–Trinajstić information content (AvgIpc) is 2.97. The van der Waals surface area contributed by atoms with Crippen LogP contribution in [-0.4, -0.2) is 69.1 Å². The summed E-state index contributed by atoms with van der Waals surface area (Å²) in [6.45, 7) is 9.81. The number of nitrogens with zero attached hydrogens (tertiary/aromatic N) is 4. The molecular weight excluding hydrogens is 300 g/mol. The molecule has 9 heteroatoms. The van der Waals surface area contributed by atoms with E-state index >= 15 is 0 Å². The van der Waals surface area contributed by atoms with E-state index in [4.69, 9.17) is 9.47 Å². The summed E-state index contributed by atoms with van der Waals surface area (Å²) >= 11 is 0. The number of tetrazole rings is 1. The molecule has 0 spiro atoms. The number of aromatic amines is 1. The quantitative estimate of drug-likeness (QED) is 0.820. The van der Waals surface area contributed by atoms with Crippen LogP contribution < -0.4 is 5.32 Å². The lowest BCUT2D eigenvalue weighted by molar-refractivity contribution is -0.0356. The molecule has 23 heavy (non-hydrogen) atoms. The fourth-order valence-electron chi connectivity index (χ4n) is 2.43. The van der Waals surface area contributed by atoms with E-state index in [1.165, 1.54) is 0 Å². The molecule has 1 fully saturated rings. The molecule has 1 aliphatic rings. The van der Waals surface area contributed by atoms with Gasteiger partial charge < -0.3 is 19.7 Å². The van der Waals surface area contributed by atoms with Crippen LogP contribution in [-0.2, 0) is 16.0 Å². The van der Waals surface area contributed by atoms with Crippen LogP contribution >= 0.6 is 0 Å². The Morgan fingerprint density at radius 2 is 2.35 bits per heavy atom. The predicted molar refractivity (Wildman–Crippen MR) is 82.6 cm³/mol. The molecule has 0 radical (unpaired) electrons. The second-order valence-corrected chi connectivity index (χ2v) is 6.75. The number of morpholine rings is 1. The summed E-state index contributed by atoms with van der Waals surface area (Å²) in [6.07, 6.45) is 0.480. The van der Waals surface area contributed by atoms with Crippen molar-refractivity contribution in [1.29, 1.82) is 0 Å². The second kappa shape index (κ2) is 7.69. The fraction of sp³-hybridized carbons (Fsp3) is 0.857. The lowest BCUT2D eigenvalue weighted by atomic mass is 10.1. The Morgan fingerprint density at radius 3 is 3.00 bits per heavy atom. The number of carbonyl (C=O) groups is 1. The summed E-state index contributed by atoms with van der Waals surface area (Å²) < 4.78 is 11.0. The van der Waals surface area contributed by atoms with Gasteiger partial charge in [-0.2, -0.15) is 5.21 Å². The zero-order chi connectivity index (χ0) is 16.9. The molecule has 0 aliphatic carbocycles. The first kappa shape index (κ1) is 17.6. The topological polar surface area (TPSA) is 105 Å². The van der Waals surface area contributed by atoms with Gasteiger partial charge in [0.2, 0.25) is 0 Å². The number of H-pyrrole nitrogens is 1. The Hall–Kier alpha value is -1.74. The molecule has 0 bridgehead atoms. The number of rotatable bonds is 5. The molecule has 2 rings (SSSR count). The van der Waals surface area contributed by atoms with Gasteiger partial charge in [0.05, 0.1) is 25.8 Å². The highest BCUT2D eigenvalue weighted by molar-refractivity contribution is 5.68. The minimum absolute atomic E-state index is 0.00799. The first-order valence-corrected chi connectivity index (χ1v) is 7.88. The van der Waals surface area contributed by atoms with E-state index in [-0.39, 0.29) is 18.2 Å². The minimum Gasteiger partial charge on any atom is -0.444 e. The van der Waals surface area contributed by atoms with E-state index in [0.717, 1.165) is 6.42 Å². The van der Waals surface area contributed by atoms with Gasteiger partial charge in [0.15, 0.2) is 5.82 Å². The SMILES string of the molecule is CC(CC1COCCN1C(=O)OC(C)(C)C)NCc1nn[nH]n1.